The van der Waals surface area contributed by atoms with E-state index in [1.807, 2.05) is 6.07 Å². The minimum Gasteiger partial charge on any atom is -0.346 e. The van der Waals surface area contributed by atoms with Crippen LogP contribution >= 0.6 is 15.9 Å². The van der Waals surface area contributed by atoms with Crippen molar-refractivity contribution in [1.82, 2.24) is 5.32 Å². The average molecular weight is 322 g/mol. The molecule has 1 fully saturated rings. The van der Waals surface area contributed by atoms with Crippen LogP contribution in [0.5, 0.6) is 0 Å². The number of carbonyl (C=O) groups is 1. The Kier molecular flexibility index (Phi) is 3.66. The Hall–Kier alpha value is -0.830. The van der Waals surface area contributed by atoms with Crippen LogP contribution < -0.4 is 5.32 Å². The second kappa shape index (κ2) is 5.28. The molecular formula is C16H20BrNO. The smallest absolute Gasteiger partial charge is 0.251 e. The van der Waals surface area contributed by atoms with Gasteiger partial charge in [-0.2, -0.15) is 0 Å². The Balaban J connectivity index is 1.77. The number of hydrogen-bond acceptors (Lipinski definition) is 1. The summed E-state index contributed by atoms with van der Waals surface area (Å²) in [5, 5.41) is 4.12. The Morgan fingerprint density at radius 1 is 1.16 bits per heavy atom. The van der Waals surface area contributed by atoms with Crippen LogP contribution in [0, 0.1) is 0 Å². The molecule has 2 aliphatic carbocycles. The number of aryl methyl sites for hydroxylation is 2. The first-order chi connectivity index (χ1) is 9.22. The fourth-order valence-corrected chi connectivity index (χ4v) is 4.07. The highest BCUT2D eigenvalue weighted by Crippen LogP contribution is 2.32. The monoisotopic (exact) mass is 321 g/mol. The van der Waals surface area contributed by atoms with E-state index in [4.69, 9.17) is 0 Å². The van der Waals surface area contributed by atoms with Gasteiger partial charge in [0, 0.05) is 10.9 Å². The standard InChI is InChI=1S/C16H20BrNO/c17-11-16(8-1-2-9-16)18-15(19)14-7-6-12-4-3-5-13(12)10-14/h6-7,10H,1-5,8-9,11H2,(H,18,19). The third-order valence-electron chi connectivity index (χ3n) is 4.56. The van der Waals surface area contributed by atoms with Crippen molar-refractivity contribution in [3.63, 3.8) is 0 Å². The summed E-state index contributed by atoms with van der Waals surface area (Å²) >= 11 is 3.57. The molecule has 2 nitrogen and oxygen atoms in total. The summed E-state index contributed by atoms with van der Waals surface area (Å²) in [5.41, 5.74) is 3.60. The van der Waals surface area contributed by atoms with Gasteiger partial charge in [-0.3, -0.25) is 4.79 Å². The maximum Gasteiger partial charge on any atom is 0.251 e. The molecule has 1 aromatic carbocycles. The Morgan fingerprint density at radius 3 is 2.63 bits per heavy atom. The van der Waals surface area contributed by atoms with Crippen molar-refractivity contribution in [1.29, 1.82) is 0 Å². The van der Waals surface area contributed by atoms with Crippen LogP contribution in [0.15, 0.2) is 18.2 Å². The molecule has 19 heavy (non-hydrogen) atoms. The van der Waals surface area contributed by atoms with Crippen molar-refractivity contribution in [3.05, 3.63) is 34.9 Å². The molecule has 3 rings (SSSR count). The van der Waals surface area contributed by atoms with Gasteiger partial charge in [-0.15, -0.1) is 0 Å². The lowest BCUT2D eigenvalue weighted by Gasteiger charge is -2.28. The van der Waals surface area contributed by atoms with Gasteiger partial charge in [-0.25, -0.2) is 0 Å². The highest BCUT2D eigenvalue weighted by molar-refractivity contribution is 9.09. The molecule has 0 saturated heterocycles. The third kappa shape index (κ3) is 2.58. The number of halogens is 1. The summed E-state index contributed by atoms with van der Waals surface area (Å²) < 4.78 is 0. The predicted octanol–water partition coefficient (Wildman–Crippen LogP) is 3.61. The molecule has 1 saturated carbocycles. The van der Waals surface area contributed by atoms with Crippen molar-refractivity contribution in [3.8, 4) is 0 Å². The van der Waals surface area contributed by atoms with Gasteiger partial charge in [0.1, 0.15) is 0 Å². The SMILES string of the molecule is O=C(NC1(CBr)CCCC1)c1ccc2c(c1)CCC2. The molecule has 1 N–H and O–H groups in total. The summed E-state index contributed by atoms with van der Waals surface area (Å²) in [6.07, 6.45) is 8.14. The molecule has 0 heterocycles. The van der Waals surface area contributed by atoms with E-state index in [0.717, 1.165) is 30.2 Å². The van der Waals surface area contributed by atoms with Crippen molar-refractivity contribution in [2.24, 2.45) is 0 Å². The average Bonchev–Trinajstić information content (AvgIpc) is 3.06. The van der Waals surface area contributed by atoms with Crippen LogP contribution in [0.2, 0.25) is 0 Å². The first kappa shape index (κ1) is 13.2. The van der Waals surface area contributed by atoms with E-state index in [2.05, 4.69) is 33.4 Å². The lowest BCUT2D eigenvalue weighted by molar-refractivity contribution is 0.0910. The first-order valence-corrected chi connectivity index (χ1v) is 8.35. The lowest BCUT2D eigenvalue weighted by Crippen LogP contribution is -2.47. The maximum atomic E-state index is 12.4. The van der Waals surface area contributed by atoms with Crippen molar-refractivity contribution < 1.29 is 4.79 Å². The molecule has 0 aromatic heterocycles. The number of hydrogen-bond donors (Lipinski definition) is 1. The summed E-state index contributed by atoms with van der Waals surface area (Å²) in [4.78, 5) is 12.4. The van der Waals surface area contributed by atoms with Gasteiger partial charge in [0.2, 0.25) is 0 Å². The fraction of sp³-hybridized carbons (Fsp3) is 0.562. The van der Waals surface area contributed by atoms with E-state index in [1.165, 1.54) is 36.8 Å². The van der Waals surface area contributed by atoms with Gasteiger partial charge >= 0.3 is 0 Å². The zero-order valence-electron chi connectivity index (χ0n) is 11.2. The van der Waals surface area contributed by atoms with Crippen LogP contribution in [0.25, 0.3) is 0 Å². The number of rotatable bonds is 3. The molecule has 1 aromatic rings. The van der Waals surface area contributed by atoms with Gasteiger partial charge in [-0.1, -0.05) is 34.8 Å². The Labute approximate surface area is 123 Å². The second-order valence-electron chi connectivity index (χ2n) is 5.91. The summed E-state index contributed by atoms with van der Waals surface area (Å²) in [5.74, 6) is 0.0936. The molecular weight excluding hydrogens is 302 g/mol. The van der Waals surface area contributed by atoms with E-state index in [1.54, 1.807) is 0 Å². The number of nitrogens with one attached hydrogen (secondary N) is 1. The number of alkyl halides is 1. The van der Waals surface area contributed by atoms with Gasteiger partial charge in [-0.05, 0) is 55.4 Å². The zero-order valence-corrected chi connectivity index (χ0v) is 12.8. The topological polar surface area (TPSA) is 29.1 Å². The normalized spacial score (nSPS) is 20.3. The zero-order chi connectivity index (χ0) is 13.3. The van der Waals surface area contributed by atoms with Crippen LogP contribution in [-0.2, 0) is 12.8 Å². The van der Waals surface area contributed by atoms with Crippen LogP contribution in [0.1, 0.15) is 53.6 Å². The quantitative estimate of drug-likeness (QED) is 0.846. The molecule has 3 heteroatoms. The molecule has 0 bridgehead atoms. The van der Waals surface area contributed by atoms with Crippen molar-refractivity contribution in [2.45, 2.75) is 50.5 Å². The number of fused-ring (bicyclic) bond motifs is 1. The molecule has 0 radical (unpaired) electrons. The minimum atomic E-state index is -0.0178. The first-order valence-electron chi connectivity index (χ1n) is 7.23. The van der Waals surface area contributed by atoms with Crippen LogP contribution in [-0.4, -0.2) is 16.8 Å². The van der Waals surface area contributed by atoms with Gasteiger partial charge < -0.3 is 5.32 Å². The Bertz CT molecular complexity index is 492. The summed E-state index contributed by atoms with van der Waals surface area (Å²) in [6.45, 7) is 0. The van der Waals surface area contributed by atoms with Gasteiger partial charge in [0.15, 0.2) is 0 Å². The van der Waals surface area contributed by atoms with Crippen LogP contribution in [0.4, 0.5) is 0 Å². The highest BCUT2D eigenvalue weighted by Gasteiger charge is 2.34. The lowest BCUT2D eigenvalue weighted by atomic mass is 9.99. The predicted molar refractivity (Wildman–Crippen MR) is 80.9 cm³/mol. The number of benzene rings is 1. The van der Waals surface area contributed by atoms with Gasteiger partial charge in [0.25, 0.3) is 5.91 Å². The van der Waals surface area contributed by atoms with E-state index < -0.39 is 0 Å². The highest BCUT2D eigenvalue weighted by atomic mass is 79.9. The van der Waals surface area contributed by atoms with E-state index in [9.17, 15) is 4.79 Å². The summed E-state index contributed by atoms with van der Waals surface area (Å²) in [6, 6.07) is 6.21. The Morgan fingerprint density at radius 2 is 1.89 bits per heavy atom. The summed E-state index contributed by atoms with van der Waals surface area (Å²) in [7, 11) is 0. The minimum absolute atomic E-state index is 0.0178. The third-order valence-corrected chi connectivity index (χ3v) is 5.63. The van der Waals surface area contributed by atoms with E-state index >= 15 is 0 Å². The van der Waals surface area contributed by atoms with E-state index in [-0.39, 0.29) is 11.4 Å². The molecule has 1 amide bonds. The molecule has 0 spiro atoms. The van der Waals surface area contributed by atoms with Gasteiger partial charge in [0.05, 0.1) is 5.54 Å². The fourth-order valence-electron chi connectivity index (χ4n) is 3.37. The largest absolute Gasteiger partial charge is 0.346 e. The molecule has 0 aliphatic heterocycles. The molecule has 102 valence electrons. The molecule has 0 unspecified atom stereocenters. The molecule has 2 aliphatic rings. The van der Waals surface area contributed by atoms with E-state index in [0.29, 0.717) is 0 Å². The molecule has 0 atom stereocenters. The van der Waals surface area contributed by atoms with Crippen LogP contribution in [0.3, 0.4) is 0 Å². The second-order valence-corrected chi connectivity index (χ2v) is 6.47. The maximum absolute atomic E-state index is 12.4. The number of amides is 1. The van der Waals surface area contributed by atoms with Crippen molar-refractivity contribution >= 4 is 21.8 Å². The van der Waals surface area contributed by atoms with Crippen molar-refractivity contribution in [2.75, 3.05) is 5.33 Å². The number of carbonyl (C=O) groups excluding carboxylic acids is 1.